The molecule has 92 valence electrons. The van der Waals surface area contributed by atoms with Crippen LogP contribution in [-0.4, -0.2) is 11.9 Å². The fourth-order valence-electron chi connectivity index (χ4n) is 1.97. The number of benzene rings is 1. The summed E-state index contributed by atoms with van der Waals surface area (Å²) in [6.45, 7) is 5.01. The lowest BCUT2D eigenvalue weighted by Gasteiger charge is -2.41. The van der Waals surface area contributed by atoms with Crippen molar-refractivity contribution in [2.75, 3.05) is 0 Å². The molecule has 3 heteroatoms. The van der Waals surface area contributed by atoms with E-state index in [1.54, 1.807) is 0 Å². The van der Waals surface area contributed by atoms with Gasteiger partial charge in [0.05, 0.1) is 18.1 Å². The van der Waals surface area contributed by atoms with Crippen molar-refractivity contribution < 1.29 is 9.53 Å². The number of hydrogen-bond acceptors (Lipinski definition) is 3. The van der Waals surface area contributed by atoms with Crippen LogP contribution in [0.1, 0.15) is 31.4 Å². The van der Waals surface area contributed by atoms with Crippen LogP contribution >= 0.6 is 0 Å². The highest BCUT2D eigenvalue weighted by Crippen LogP contribution is 2.39. The van der Waals surface area contributed by atoms with E-state index in [-0.39, 0.29) is 11.5 Å². The zero-order valence-electron chi connectivity index (χ0n) is 10.4. The lowest BCUT2D eigenvalue weighted by molar-refractivity contribution is -0.159. The Morgan fingerprint density at radius 3 is 2.35 bits per heavy atom. The highest BCUT2D eigenvalue weighted by Gasteiger charge is 2.48. The molecule has 0 heterocycles. The van der Waals surface area contributed by atoms with Crippen LogP contribution in [0.5, 0.6) is 0 Å². The summed E-state index contributed by atoms with van der Waals surface area (Å²) in [5, 5.41) is 0. The second-order valence-corrected chi connectivity index (χ2v) is 5.17. The van der Waals surface area contributed by atoms with E-state index in [0.29, 0.717) is 25.4 Å². The third kappa shape index (κ3) is 2.40. The van der Waals surface area contributed by atoms with Gasteiger partial charge in [0, 0.05) is 13.0 Å². The molecule has 3 nitrogen and oxygen atoms in total. The Bertz CT molecular complexity index is 409. The fraction of sp³-hybridized carbons (Fsp3) is 0.500. The Hall–Kier alpha value is -1.19. The molecular weight excluding hydrogens is 214 g/mol. The van der Waals surface area contributed by atoms with Crippen LogP contribution in [-0.2, 0) is 22.7 Å². The third-order valence-electron chi connectivity index (χ3n) is 3.60. The van der Waals surface area contributed by atoms with Crippen molar-refractivity contribution >= 4 is 5.78 Å². The number of Topliss-reactive ketones (excluding diaryl/α,β-unsaturated/α-hetero) is 1. The van der Waals surface area contributed by atoms with E-state index in [0.717, 1.165) is 11.1 Å². The summed E-state index contributed by atoms with van der Waals surface area (Å²) in [5.74, 6) is 0.293. The highest BCUT2D eigenvalue weighted by molar-refractivity contribution is 5.91. The summed E-state index contributed by atoms with van der Waals surface area (Å²) >= 11 is 0. The molecule has 0 saturated heterocycles. The molecule has 1 aliphatic carbocycles. The Balaban J connectivity index is 1.88. The first-order chi connectivity index (χ1) is 8.04. The lowest BCUT2D eigenvalue weighted by Crippen LogP contribution is -2.51. The van der Waals surface area contributed by atoms with E-state index in [2.05, 4.69) is 0 Å². The molecule has 0 bridgehead atoms. The summed E-state index contributed by atoms with van der Waals surface area (Å²) in [6.07, 6.45) is 0.609. The summed E-state index contributed by atoms with van der Waals surface area (Å²) < 4.78 is 5.77. The van der Waals surface area contributed by atoms with E-state index in [9.17, 15) is 4.79 Å². The topological polar surface area (TPSA) is 52.3 Å². The van der Waals surface area contributed by atoms with Gasteiger partial charge in [-0.15, -0.1) is 0 Å². The third-order valence-corrected chi connectivity index (χ3v) is 3.60. The van der Waals surface area contributed by atoms with Crippen LogP contribution in [0.3, 0.4) is 0 Å². The van der Waals surface area contributed by atoms with Gasteiger partial charge in [-0.1, -0.05) is 38.1 Å². The second kappa shape index (κ2) is 4.59. The van der Waals surface area contributed by atoms with Gasteiger partial charge in [0.1, 0.15) is 5.78 Å². The molecule has 0 radical (unpaired) electrons. The summed E-state index contributed by atoms with van der Waals surface area (Å²) in [6, 6.07) is 8.07. The van der Waals surface area contributed by atoms with Crippen LogP contribution in [0.25, 0.3) is 0 Å². The van der Waals surface area contributed by atoms with Crippen molar-refractivity contribution in [1.29, 1.82) is 0 Å². The van der Waals surface area contributed by atoms with Gasteiger partial charge in [-0.3, -0.25) is 4.79 Å². The number of nitrogens with two attached hydrogens (primary N) is 1. The molecule has 1 saturated carbocycles. The summed E-state index contributed by atoms with van der Waals surface area (Å²) in [5.41, 5.74) is 7.47. The molecular formula is C14H19NO2. The first kappa shape index (κ1) is 12.3. The normalized spacial score (nSPS) is 22.3. The molecule has 1 aliphatic rings. The molecule has 2 N–H and O–H groups in total. The van der Waals surface area contributed by atoms with Crippen molar-refractivity contribution in [3.05, 3.63) is 35.4 Å². The Morgan fingerprint density at radius 1 is 1.29 bits per heavy atom. The van der Waals surface area contributed by atoms with Crippen molar-refractivity contribution in [3.8, 4) is 0 Å². The summed E-state index contributed by atoms with van der Waals surface area (Å²) in [7, 11) is 0. The van der Waals surface area contributed by atoms with Crippen molar-refractivity contribution in [1.82, 2.24) is 0 Å². The van der Waals surface area contributed by atoms with Gasteiger partial charge >= 0.3 is 0 Å². The standard InChI is InChI=1S/C14H19NO2/c1-14(2)12(16)7-13(14)17-9-11-5-3-10(8-15)4-6-11/h3-6,13H,7-9,15H2,1-2H3/t13-/m0/s1. The van der Waals surface area contributed by atoms with Crippen LogP contribution in [0.2, 0.25) is 0 Å². The van der Waals surface area contributed by atoms with Gasteiger partial charge in [0.25, 0.3) is 0 Å². The van der Waals surface area contributed by atoms with Crippen molar-refractivity contribution in [2.24, 2.45) is 11.1 Å². The van der Waals surface area contributed by atoms with Gasteiger partial charge in [-0.05, 0) is 11.1 Å². The Morgan fingerprint density at radius 2 is 1.88 bits per heavy atom. The number of ether oxygens (including phenoxy) is 1. The van der Waals surface area contributed by atoms with Gasteiger partial charge in [-0.2, -0.15) is 0 Å². The first-order valence-corrected chi connectivity index (χ1v) is 5.97. The van der Waals surface area contributed by atoms with Gasteiger partial charge < -0.3 is 10.5 Å². The van der Waals surface area contributed by atoms with Crippen LogP contribution in [0.15, 0.2) is 24.3 Å². The molecule has 1 atom stereocenters. The fourth-order valence-corrected chi connectivity index (χ4v) is 1.97. The number of carbonyl (C=O) groups excluding carboxylic acids is 1. The largest absolute Gasteiger partial charge is 0.372 e. The molecule has 0 aliphatic heterocycles. The van der Waals surface area contributed by atoms with Crippen LogP contribution < -0.4 is 5.73 Å². The maximum Gasteiger partial charge on any atom is 0.143 e. The predicted molar refractivity (Wildman–Crippen MR) is 66.3 cm³/mol. The number of hydrogen-bond donors (Lipinski definition) is 1. The van der Waals surface area contributed by atoms with Crippen molar-refractivity contribution in [3.63, 3.8) is 0 Å². The smallest absolute Gasteiger partial charge is 0.143 e. The predicted octanol–water partition coefficient (Wildman–Crippen LogP) is 2.03. The van der Waals surface area contributed by atoms with E-state index < -0.39 is 0 Å². The number of ketones is 1. The van der Waals surface area contributed by atoms with E-state index in [1.165, 1.54) is 0 Å². The molecule has 0 spiro atoms. The minimum atomic E-state index is -0.308. The average Bonchev–Trinajstić information content (AvgIpc) is 2.35. The monoisotopic (exact) mass is 233 g/mol. The van der Waals surface area contributed by atoms with E-state index >= 15 is 0 Å². The maximum atomic E-state index is 11.4. The molecule has 0 unspecified atom stereocenters. The molecule has 0 amide bonds. The van der Waals surface area contributed by atoms with Crippen molar-refractivity contribution in [2.45, 2.75) is 39.5 Å². The van der Waals surface area contributed by atoms with Gasteiger partial charge in [-0.25, -0.2) is 0 Å². The molecule has 1 fully saturated rings. The zero-order valence-corrected chi connectivity index (χ0v) is 10.4. The lowest BCUT2D eigenvalue weighted by atomic mass is 9.68. The second-order valence-electron chi connectivity index (χ2n) is 5.17. The SMILES string of the molecule is CC1(C)C(=O)C[C@@H]1OCc1ccc(CN)cc1. The first-order valence-electron chi connectivity index (χ1n) is 5.97. The van der Waals surface area contributed by atoms with Gasteiger partial charge in [0.2, 0.25) is 0 Å². The Kier molecular flexibility index (Phi) is 3.31. The average molecular weight is 233 g/mol. The zero-order chi connectivity index (χ0) is 12.5. The molecule has 1 aromatic carbocycles. The highest BCUT2D eigenvalue weighted by atomic mass is 16.5. The quantitative estimate of drug-likeness (QED) is 0.865. The number of carbonyl (C=O) groups is 1. The Labute approximate surface area is 102 Å². The molecule has 2 rings (SSSR count). The minimum Gasteiger partial charge on any atom is -0.372 e. The molecule has 17 heavy (non-hydrogen) atoms. The van der Waals surface area contributed by atoms with Gasteiger partial charge in [0.15, 0.2) is 0 Å². The summed E-state index contributed by atoms with van der Waals surface area (Å²) in [4.78, 5) is 11.4. The van der Waals surface area contributed by atoms with Crippen LogP contribution in [0.4, 0.5) is 0 Å². The van der Waals surface area contributed by atoms with E-state index in [1.807, 2.05) is 38.1 Å². The van der Waals surface area contributed by atoms with E-state index in [4.69, 9.17) is 10.5 Å². The van der Waals surface area contributed by atoms with Crippen LogP contribution in [0, 0.1) is 5.41 Å². The molecule has 0 aromatic heterocycles. The minimum absolute atomic E-state index is 0.0594. The molecule has 1 aromatic rings. The maximum absolute atomic E-state index is 11.4. The number of rotatable bonds is 4.